The summed E-state index contributed by atoms with van der Waals surface area (Å²) in [5.74, 6) is 0.384. The van der Waals surface area contributed by atoms with Crippen LogP contribution >= 0.6 is 0 Å². The summed E-state index contributed by atoms with van der Waals surface area (Å²) in [7, 11) is 0. The van der Waals surface area contributed by atoms with Crippen molar-refractivity contribution >= 4 is 5.95 Å². The van der Waals surface area contributed by atoms with Gasteiger partial charge in [-0.3, -0.25) is 4.90 Å². The predicted octanol–water partition coefficient (Wildman–Crippen LogP) is 0.825. The van der Waals surface area contributed by atoms with Crippen molar-refractivity contribution in [3.8, 4) is 0 Å². The summed E-state index contributed by atoms with van der Waals surface area (Å²) in [6.07, 6.45) is 2.89. The van der Waals surface area contributed by atoms with Crippen LogP contribution in [0.3, 0.4) is 0 Å². The van der Waals surface area contributed by atoms with E-state index in [1.165, 1.54) is 5.56 Å². The van der Waals surface area contributed by atoms with Crippen molar-refractivity contribution in [2.75, 3.05) is 12.3 Å². The van der Waals surface area contributed by atoms with Crippen molar-refractivity contribution in [3.63, 3.8) is 0 Å². The number of rotatable bonds is 1. The van der Waals surface area contributed by atoms with Gasteiger partial charge in [-0.1, -0.05) is 0 Å². The zero-order valence-corrected chi connectivity index (χ0v) is 8.70. The van der Waals surface area contributed by atoms with Crippen molar-refractivity contribution in [2.24, 2.45) is 0 Å². The molecule has 0 bridgehead atoms. The summed E-state index contributed by atoms with van der Waals surface area (Å²) in [4.78, 5) is 10.7. The van der Waals surface area contributed by atoms with E-state index < -0.39 is 0 Å². The van der Waals surface area contributed by atoms with Gasteiger partial charge < -0.3 is 5.73 Å². The minimum Gasteiger partial charge on any atom is -0.368 e. The first kappa shape index (κ1) is 9.40. The molecule has 1 aromatic heterocycles. The molecule has 0 atom stereocenters. The number of aromatic nitrogens is 2. The zero-order valence-electron chi connectivity index (χ0n) is 8.70. The Bertz CT molecular complexity index is 335. The Morgan fingerprint density at radius 1 is 1.50 bits per heavy atom. The van der Waals surface area contributed by atoms with E-state index in [1.54, 1.807) is 0 Å². The maximum atomic E-state index is 5.56. The minimum absolute atomic E-state index is 0.384. The van der Waals surface area contributed by atoms with Gasteiger partial charge >= 0.3 is 0 Å². The van der Waals surface area contributed by atoms with E-state index in [4.69, 9.17) is 5.73 Å². The van der Waals surface area contributed by atoms with Gasteiger partial charge in [-0.2, -0.15) is 0 Å². The molecule has 14 heavy (non-hydrogen) atoms. The number of nitrogens with zero attached hydrogens (tertiary/aromatic N) is 3. The lowest BCUT2D eigenvalue weighted by Crippen LogP contribution is -2.36. The molecule has 0 saturated heterocycles. The Balaban J connectivity index is 2.24. The molecule has 1 aliphatic heterocycles. The van der Waals surface area contributed by atoms with Crippen LogP contribution in [-0.4, -0.2) is 27.5 Å². The Kier molecular flexibility index (Phi) is 2.37. The molecule has 76 valence electrons. The van der Waals surface area contributed by atoms with E-state index in [-0.39, 0.29) is 0 Å². The Hall–Kier alpha value is -1.16. The molecule has 0 aromatic carbocycles. The molecule has 2 N–H and O–H groups in total. The van der Waals surface area contributed by atoms with Crippen LogP contribution in [0.4, 0.5) is 5.95 Å². The Morgan fingerprint density at radius 2 is 2.29 bits per heavy atom. The van der Waals surface area contributed by atoms with Crippen LogP contribution in [0.1, 0.15) is 25.1 Å². The SMILES string of the molecule is CC(C)N1CCc2cnc(N)nc2C1. The van der Waals surface area contributed by atoms with E-state index in [0.29, 0.717) is 12.0 Å². The topological polar surface area (TPSA) is 55.0 Å². The van der Waals surface area contributed by atoms with Crippen LogP contribution in [0.25, 0.3) is 0 Å². The first-order valence-corrected chi connectivity index (χ1v) is 5.01. The van der Waals surface area contributed by atoms with Crippen molar-refractivity contribution < 1.29 is 0 Å². The second-order valence-corrected chi connectivity index (χ2v) is 4.01. The van der Waals surface area contributed by atoms with Gasteiger partial charge in [0.05, 0.1) is 5.69 Å². The molecule has 0 radical (unpaired) electrons. The standard InChI is InChI=1S/C10H16N4/c1-7(2)14-4-3-8-5-12-10(11)13-9(8)6-14/h5,7H,3-4,6H2,1-2H3,(H2,11,12,13). The van der Waals surface area contributed by atoms with Gasteiger partial charge in [-0.25, -0.2) is 9.97 Å². The minimum atomic E-state index is 0.384. The van der Waals surface area contributed by atoms with Crippen LogP contribution < -0.4 is 5.73 Å². The number of anilines is 1. The highest BCUT2D eigenvalue weighted by Gasteiger charge is 2.19. The summed E-state index contributed by atoms with van der Waals surface area (Å²) in [5, 5.41) is 0. The summed E-state index contributed by atoms with van der Waals surface area (Å²) in [6.45, 7) is 6.41. The fourth-order valence-corrected chi connectivity index (χ4v) is 1.78. The van der Waals surface area contributed by atoms with E-state index in [9.17, 15) is 0 Å². The number of hydrogen-bond acceptors (Lipinski definition) is 4. The van der Waals surface area contributed by atoms with Crippen molar-refractivity contribution in [1.82, 2.24) is 14.9 Å². The largest absolute Gasteiger partial charge is 0.368 e. The lowest BCUT2D eigenvalue weighted by atomic mass is 10.1. The van der Waals surface area contributed by atoms with Crippen LogP contribution in [0.2, 0.25) is 0 Å². The molecule has 0 fully saturated rings. The molecular formula is C10H16N4. The van der Waals surface area contributed by atoms with Crippen LogP contribution in [-0.2, 0) is 13.0 Å². The van der Waals surface area contributed by atoms with Gasteiger partial charge in [-0.15, -0.1) is 0 Å². The highest BCUT2D eigenvalue weighted by atomic mass is 15.2. The highest BCUT2D eigenvalue weighted by molar-refractivity contribution is 5.26. The maximum Gasteiger partial charge on any atom is 0.220 e. The van der Waals surface area contributed by atoms with Crippen molar-refractivity contribution in [1.29, 1.82) is 0 Å². The molecule has 2 rings (SSSR count). The molecular weight excluding hydrogens is 176 g/mol. The third-order valence-corrected chi connectivity index (χ3v) is 2.72. The average Bonchev–Trinajstić information content (AvgIpc) is 2.16. The molecule has 0 amide bonds. The molecule has 2 heterocycles. The summed E-state index contributed by atoms with van der Waals surface area (Å²) < 4.78 is 0. The first-order valence-electron chi connectivity index (χ1n) is 5.01. The lowest BCUT2D eigenvalue weighted by Gasteiger charge is -2.30. The first-order chi connectivity index (χ1) is 6.66. The normalized spacial score (nSPS) is 17.1. The molecule has 1 aliphatic rings. The van der Waals surface area contributed by atoms with Crippen LogP contribution in [0.5, 0.6) is 0 Å². The second-order valence-electron chi connectivity index (χ2n) is 4.01. The van der Waals surface area contributed by atoms with Gasteiger partial charge in [0, 0.05) is 25.3 Å². The van der Waals surface area contributed by atoms with E-state index in [0.717, 1.165) is 25.2 Å². The van der Waals surface area contributed by atoms with Crippen LogP contribution in [0, 0.1) is 0 Å². The van der Waals surface area contributed by atoms with Crippen LogP contribution in [0.15, 0.2) is 6.20 Å². The highest BCUT2D eigenvalue weighted by Crippen LogP contribution is 2.18. The second kappa shape index (κ2) is 3.53. The number of nitrogen functional groups attached to an aromatic ring is 1. The van der Waals surface area contributed by atoms with E-state index >= 15 is 0 Å². The maximum absolute atomic E-state index is 5.56. The van der Waals surface area contributed by atoms with Gasteiger partial charge in [0.25, 0.3) is 0 Å². The molecule has 0 saturated carbocycles. The monoisotopic (exact) mass is 192 g/mol. The zero-order chi connectivity index (χ0) is 10.1. The molecule has 0 aliphatic carbocycles. The summed E-state index contributed by atoms with van der Waals surface area (Å²) in [5.41, 5.74) is 7.90. The molecule has 4 heteroatoms. The van der Waals surface area contributed by atoms with E-state index in [2.05, 4.69) is 28.7 Å². The van der Waals surface area contributed by atoms with Gasteiger partial charge in [-0.05, 0) is 25.8 Å². The van der Waals surface area contributed by atoms with Gasteiger partial charge in [0.1, 0.15) is 0 Å². The summed E-state index contributed by atoms with van der Waals surface area (Å²) >= 11 is 0. The smallest absolute Gasteiger partial charge is 0.220 e. The molecule has 1 aromatic rings. The Morgan fingerprint density at radius 3 is 3.00 bits per heavy atom. The number of nitrogens with two attached hydrogens (primary N) is 1. The molecule has 4 nitrogen and oxygen atoms in total. The van der Waals surface area contributed by atoms with E-state index in [1.807, 2.05) is 6.20 Å². The van der Waals surface area contributed by atoms with Gasteiger partial charge in [0.15, 0.2) is 0 Å². The summed E-state index contributed by atoms with van der Waals surface area (Å²) in [6, 6.07) is 0.569. The Labute approximate surface area is 84.2 Å². The number of hydrogen-bond donors (Lipinski definition) is 1. The van der Waals surface area contributed by atoms with Gasteiger partial charge in [0.2, 0.25) is 5.95 Å². The fourth-order valence-electron chi connectivity index (χ4n) is 1.78. The third kappa shape index (κ3) is 1.70. The third-order valence-electron chi connectivity index (χ3n) is 2.72. The fraction of sp³-hybridized carbons (Fsp3) is 0.600. The number of fused-ring (bicyclic) bond motifs is 1. The lowest BCUT2D eigenvalue weighted by molar-refractivity contribution is 0.200. The van der Waals surface area contributed by atoms with Crippen molar-refractivity contribution in [2.45, 2.75) is 32.9 Å². The predicted molar refractivity (Wildman–Crippen MR) is 55.7 cm³/mol. The molecule has 0 unspecified atom stereocenters. The average molecular weight is 192 g/mol. The quantitative estimate of drug-likeness (QED) is 0.716. The van der Waals surface area contributed by atoms with Crippen molar-refractivity contribution in [3.05, 3.63) is 17.5 Å². The molecule has 0 spiro atoms.